The molecule has 1 unspecified atom stereocenters. The van der Waals surface area contributed by atoms with Crippen LogP contribution in [-0.4, -0.2) is 72.3 Å². The van der Waals surface area contributed by atoms with Crippen LogP contribution in [0.5, 0.6) is 0 Å². The fraction of sp³-hybridized carbons (Fsp3) is 0.500. The number of aliphatic carboxylic acids is 1. The van der Waals surface area contributed by atoms with Crippen molar-refractivity contribution in [2.45, 2.75) is 5.44 Å². The standard InChI is InChI=1S/C2H4O6S.Ca.2H/c3-1(4)2(5)9(6,7)8;;;/h2,5H,(H,3,4)(H,6,7,8);;;. The summed E-state index contributed by atoms with van der Waals surface area (Å²) in [6.07, 6.45) is 0. The van der Waals surface area contributed by atoms with E-state index < -0.39 is 21.5 Å². The summed E-state index contributed by atoms with van der Waals surface area (Å²) in [5.74, 6) is -2.00. The summed E-state index contributed by atoms with van der Waals surface area (Å²) in [5, 5.41) is 15.8. The van der Waals surface area contributed by atoms with Crippen LogP contribution in [0, 0.1) is 0 Å². The van der Waals surface area contributed by atoms with Gasteiger partial charge >= 0.3 is 53.8 Å². The van der Waals surface area contributed by atoms with Crippen molar-refractivity contribution >= 4 is 53.8 Å². The molecule has 0 aromatic rings. The van der Waals surface area contributed by atoms with E-state index in [1.54, 1.807) is 0 Å². The topological polar surface area (TPSA) is 112 Å². The summed E-state index contributed by atoms with van der Waals surface area (Å²) in [6.45, 7) is 0. The van der Waals surface area contributed by atoms with Gasteiger partial charge in [0.1, 0.15) is 0 Å². The van der Waals surface area contributed by atoms with E-state index in [1.807, 2.05) is 0 Å². The first kappa shape index (κ1) is 13.2. The van der Waals surface area contributed by atoms with Crippen molar-refractivity contribution in [3.8, 4) is 0 Å². The SMILES string of the molecule is O=C(O)C(O)S(=O)(=O)O.[CaH2]. The minimum absolute atomic E-state index is 0. The number of rotatable bonds is 2. The zero-order chi connectivity index (χ0) is 7.65. The van der Waals surface area contributed by atoms with E-state index in [4.69, 9.17) is 14.8 Å². The van der Waals surface area contributed by atoms with Gasteiger partial charge in [-0.25, -0.2) is 4.79 Å². The molecule has 0 saturated carbocycles. The third-order valence-corrected chi connectivity index (χ3v) is 1.26. The van der Waals surface area contributed by atoms with Crippen LogP contribution in [-0.2, 0) is 14.9 Å². The van der Waals surface area contributed by atoms with Crippen LogP contribution in [0.4, 0.5) is 0 Å². The van der Waals surface area contributed by atoms with Crippen molar-refractivity contribution in [1.82, 2.24) is 0 Å². The summed E-state index contributed by atoms with van der Waals surface area (Å²) < 4.78 is 27.2. The van der Waals surface area contributed by atoms with Crippen molar-refractivity contribution in [2.24, 2.45) is 0 Å². The molecule has 10 heavy (non-hydrogen) atoms. The van der Waals surface area contributed by atoms with Crippen molar-refractivity contribution in [3.63, 3.8) is 0 Å². The van der Waals surface area contributed by atoms with Gasteiger partial charge in [-0.2, -0.15) is 8.42 Å². The molecule has 0 aromatic heterocycles. The van der Waals surface area contributed by atoms with Crippen LogP contribution in [0.15, 0.2) is 0 Å². The van der Waals surface area contributed by atoms with E-state index in [0.717, 1.165) is 0 Å². The molecule has 0 aliphatic carbocycles. The molecule has 0 bridgehead atoms. The molecule has 0 aromatic carbocycles. The van der Waals surface area contributed by atoms with Gasteiger partial charge in [0.2, 0.25) is 0 Å². The molecule has 0 amide bonds. The summed E-state index contributed by atoms with van der Waals surface area (Å²) in [7, 11) is -4.85. The summed E-state index contributed by atoms with van der Waals surface area (Å²) in [4.78, 5) is 9.56. The molecule has 58 valence electrons. The molecule has 8 heteroatoms. The van der Waals surface area contributed by atoms with Crippen molar-refractivity contribution in [3.05, 3.63) is 0 Å². The van der Waals surface area contributed by atoms with Crippen molar-refractivity contribution < 1.29 is 28.0 Å². The van der Waals surface area contributed by atoms with Gasteiger partial charge in [0.05, 0.1) is 0 Å². The predicted octanol–water partition coefficient (Wildman–Crippen LogP) is -2.64. The maximum absolute atomic E-state index is 9.70. The molecular weight excluding hydrogens is 192 g/mol. The summed E-state index contributed by atoms with van der Waals surface area (Å²) >= 11 is 0. The first-order valence-electron chi connectivity index (χ1n) is 1.73. The number of carbonyl (C=O) groups is 1. The average Bonchev–Trinajstić information content (AvgIpc) is 1.62. The fourth-order valence-corrected chi connectivity index (χ4v) is 0.382. The van der Waals surface area contributed by atoms with Gasteiger partial charge in [0, 0.05) is 0 Å². The Balaban J connectivity index is 0. The molecular formula is C2H6CaO6S. The predicted molar refractivity (Wildman–Crippen MR) is 33.7 cm³/mol. The molecule has 0 aliphatic rings. The van der Waals surface area contributed by atoms with Gasteiger partial charge in [-0.15, -0.1) is 0 Å². The van der Waals surface area contributed by atoms with Crippen molar-refractivity contribution in [1.29, 1.82) is 0 Å². The Kier molecular flexibility index (Phi) is 5.91. The van der Waals surface area contributed by atoms with E-state index in [9.17, 15) is 13.2 Å². The fourth-order valence-electron chi connectivity index (χ4n) is 0.127. The van der Waals surface area contributed by atoms with Gasteiger partial charge in [-0.05, 0) is 0 Å². The summed E-state index contributed by atoms with van der Waals surface area (Å²) in [6, 6.07) is 0. The third-order valence-electron chi connectivity index (χ3n) is 0.493. The molecule has 0 saturated heterocycles. The van der Waals surface area contributed by atoms with Crippen LogP contribution in [0.2, 0.25) is 0 Å². The van der Waals surface area contributed by atoms with Gasteiger partial charge in [-0.1, -0.05) is 0 Å². The first-order valence-corrected chi connectivity index (χ1v) is 3.23. The van der Waals surface area contributed by atoms with E-state index in [1.165, 1.54) is 0 Å². The van der Waals surface area contributed by atoms with Crippen LogP contribution in [0.3, 0.4) is 0 Å². The Labute approximate surface area is 86.6 Å². The minimum atomic E-state index is -4.85. The number of aliphatic hydroxyl groups is 1. The second-order valence-electron chi connectivity index (χ2n) is 1.21. The number of aliphatic hydroxyl groups excluding tert-OH is 1. The Morgan fingerprint density at radius 1 is 1.40 bits per heavy atom. The van der Waals surface area contributed by atoms with Crippen LogP contribution in [0.1, 0.15) is 0 Å². The van der Waals surface area contributed by atoms with E-state index in [-0.39, 0.29) is 37.7 Å². The molecule has 0 aliphatic heterocycles. The molecule has 0 heterocycles. The van der Waals surface area contributed by atoms with Gasteiger partial charge in [0.25, 0.3) is 5.44 Å². The number of hydrogen-bond donors (Lipinski definition) is 3. The monoisotopic (exact) mass is 198 g/mol. The third kappa shape index (κ3) is 4.42. The number of carboxylic acids is 1. The van der Waals surface area contributed by atoms with Crippen LogP contribution in [0.25, 0.3) is 0 Å². The summed E-state index contributed by atoms with van der Waals surface area (Å²) in [5.41, 5.74) is -2.74. The molecule has 0 rings (SSSR count). The molecule has 0 radical (unpaired) electrons. The molecule has 3 N–H and O–H groups in total. The van der Waals surface area contributed by atoms with Gasteiger partial charge in [0.15, 0.2) is 0 Å². The molecule has 0 spiro atoms. The van der Waals surface area contributed by atoms with Crippen LogP contribution >= 0.6 is 0 Å². The second-order valence-corrected chi connectivity index (χ2v) is 2.68. The molecule has 0 fully saturated rings. The second kappa shape index (κ2) is 4.47. The van der Waals surface area contributed by atoms with Crippen LogP contribution < -0.4 is 0 Å². The Hall–Kier alpha value is 0.600. The van der Waals surface area contributed by atoms with Gasteiger partial charge in [-0.3, -0.25) is 4.55 Å². The van der Waals surface area contributed by atoms with E-state index in [0.29, 0.717) is 0 Å². The maximum atomic E-state index is 9.70. The quantitative estimate of drug-likeness (QED) is 0.330. The van der Waals surface area contributed by atoms with E-state index in [2.05, 4.69) is 0 Å². The van der Waals surface area contributed by atoms with E-state index >= 15 is 0 Å². The Morgan fingerprint density at radius 3 is 1.70 bits per heavy atom. The Bertz CT molecular complexity index is 206. The number of hydrogen-bond acceptors (Lipinski definition) is 4. The zero-order valence-electron chi connectivity index (χ0n) is 4.05. The first-order chi connectivity index (χ1) is 3.85. The molecule has 1 atom stereocenters. The van der Waals surface area contributed by atoms with Gasteiger partial charge < -0.3 is 10.2 Å². The molecule has 6 nitrogen and oxygen atoms in total. The normalized spacial score (nSPS) is 13.4. The average molecular weight is 198 g/mol. The number of carboxylic acid groups (broad SMARTS) is 1. The Morgan fingerprint density at radius 2 is 1.70 bits per heavy atom. The zero-order valence-corrected chi connectivity index (χ0v) is 4.87. The van der Waals surface area contributed by atoms with Crippen molar-refractivity contribution in [2.75, 3.05) is 0 Å².